The number of carbonyl (C=O) groups excluding carboxylic acids is 1. The van der Waals surface area contributed by atoms with Gasteiger partial charge < -0.3 is 10.1 Å². The molecule has 1 aliphatic carbocycles. The summed E-state index contributed by atoms with van der Waals surface area (Å²) in [6.45, 7) is 13.8. The molecule has 0 aromatic carbocycles. The molecule has 112 valence electrons. The number of carbonyl (C=O) groups is 1. The van der Waals surface area contributed by atoms with Crippen molar-refractivity contribution < 1.29 is 9.53 Å². The van der Waals surface area contributed by atoms with Crippen LogP contribution in [0.15, 0.2) is 36.5 Å². The second kappa shape index (κ2) is 7.44. The Hall–Kier alpha value is -1.35. The maximum absolute atomic E-state index is 11.9. The van der Waals surface area contributed by atoms with E-state index in [9.17, 15) is 4.79 Å². The second-order valence-electron chi connectivity index (χ2n) is 5.09. The minimum Gasteiger partial charge on any atom is -0.469 e. The lowest BCUT2D eigenvalue weighted by Gasteiger charge is -2.36. The van der Waals surface area contributed by atoms with Gasteiger partial charge in [0.05, 0.1) is 13.0 Å². The molecule has 0 amide bonds. The van der Waals surface area contributed by atoms with Gasteiger partial charge in [-0.05, 0) is 48.9 Å². The van der Waals surface area contributed by atoms with E-state index in [1.165, 1.54) is 12.7 Å². The maximum atomic E-state index is 11.9. The van der Waals surface area contributed by atoms with E-state index in [-0.39, 0.29) is 17.3 Å². The van der Waals surface area contributed by atoms with Crippen molar-refractivity contribution >= 4 is 5.97 Å². The standard InChI is InChI=1S/C15H21NO2.C2H6/c1-4-11-12(14(17)18-3)10-15(13(11)5-2)6-8-16-9-7-15;1-2/h4-5,12,16H,1-2,6-10H2,3H3;1-2H3. The second-order valence-corrected chi connectivity index (χ2v) is 5.09. The number of methoxy groups -OCH3 is 1. The van der Waals surface area contributed by atoms with Crippen LogP contribution in [0.25, 0.3) is 0 Å². The quantitative estimate of drug-likeness (QED) is 0.805. The van der Waals surface area contributed by atoms with Crippen molar-refractivity contribution in [1.29, 1.82) is 0 Å². The molecular formula is C17H27NO2. The number of nitrogens with one attached hydrogen (secondary N) is 1. The Balaban J connectivity index is 0.000000956. The minimum atomic E-state index is -0.168. The number of hydrogen-bond acceptors (Lipinski definition) is 3. The van der Waals surface area contributed by atoms with E-state index >= 15 is 0 Å². The van der Waals surface area contributed by atoms with Crippen molar-refractivity contribution in [1.82, 2.24) is 5.32 Å². The van der Waals surface area contributed by atoms with Crippen LogP contribution < -0.4 is 5.32 Å². The molecule has 2 aliphatic rings. The van der Waals surface area contributed by atoms with Crippen LogP contribution in [0.1, 0.15) is 33.1 Å². The van der Waals surface area contributed by atoms with E-state index in [1.807, 2.05) is 19.9 Å². The van der Waals surface area contributed by atoms with Crippen molar-refractivity contribution in [3.8, 4) is 0 Å². The summed E-state index contributed by atoms with van der Waals surface area (Å²) in [5.41, 5.74) is 2.31. The summed E-state index contributed by atoms with van der Waals surface area (Å²) in [7, 11) is 1.45. The molecule has 0 saturated carbocycles. The van der Waals surface area contributed by atoms with Gasteiger partial charge in [-0.2, -0.15) is 0 Å². The van der Waals surface area contributed by atoms with Gasteiger partial charge in [-0.1, -0.05) is 39.2 Å². The Bertz CT molecular complexity index is 403. The van der Waals surface area contributed by atoms with E-state index in [0.29, 0.717) is 0 Å². The molecule has 0 aromatic heterocycles. The predicted molar refractivity (Wildman–Crippen MR) is 83.4 cm³/mol. The molecule has 0 bridgehead atoms. The molecule has 1 spiro atoms. The third-order valence-corrected chi connectivity index (χ3v) is 4.32. The highest BCUT2D eigenvalue weighted by Crippen LogP contribution is 2.52. The van der Waals surface area contributed by atoms with Crippen LogP contribution in [0.5, 0.6) is 0 Å². The molecule has 2 rings (SSSR count). The zero-order valence-electron chi connectivity index (χ0n) is 13.0. The van der Waals surface area contributed by atoms with Gasteiger partial charge in [0.25, 0.3) is 0 Å². The normalized spacial score (nSPS) is 23.9. The summed E-state index contributed by atoms with van der Waals surface area (Å²) in [6.07, 6.45) is 6.66. The number of ether oxygens (including phenoxy) is 1. The topological polar surface area (TPSA) is 38.3 Å². The van der Waals surface area contributed by atoms with Crippen LogP contribution in [0.3, 0.4) is 0 Å². The van der Waals surface area contributed by atoms with Crippen LogP contribution in [0.2, 0.25) is 0 Å². The van der Waals surface area contributed by atoms with Gasteiger partial charge in [0, 0.05) is 0 Å². The van der Waals surface area contributed by atoms with Gasteiger partial charge in [0.1, 0.15) is 0 Å². The maximum Gasteiger partial charge on any atom is 0.313 e. The Morgan fingerprint density at radius 2 is 1.90 bits per heavy atom. The molecule has 3 nitrogen and oxygen atoms in total. The molecule has 0 radical (unpaired) electrons. The number of esters is 1. The van der Waals surface area contributed by atoms with Crippen LogP contribution in [0, 0.1) is 11.3 Å². The monoisotopic (exact) mass is 277 g/mol. The van der Waals surface area contributed by atoms with Gasteiger partial charge in [-0.25, -0.2) is 0 Å². The predicted octanol–water partition coefficient (Wildman–Crippen LogP) is 3.24. The fourth-order valence-electron chi connectivity index (χ4n) is 3.42. The lowest BCUT2D eigenvalue weighted by molar-refractivity contribution is -0.144. The van der Waals surface area contributed by atoms with Crippen molar-refractivity contribution in [2.24, 2.45) is 11.3 Å². The van der Waals surface area contributed by atoms with Crippen molar-refractivity contribution in [2.45, 2.75) is 33.1 Å². The summed E-state index contributed by atoms with van der Waals surface area (Å²) in [5, 5.41) is 3.37. The first kappa shape index (κ1) is 16.7. The molecule has 3 heteroatoms. The molecule has 0 aromatic rings. The molecule has 1 saturated heterocycles. The summed E-state index contributed by atoms with van der Waals surface area (Å²) in [4.78, 5) is 11.9. The van der Waals surface area contributed by atoms with Crippen LogP contribution >= 0.6 is 0 Å². The first-order chi connectivity index (χ1) is 9.68. The number of hydrogen-bond donors (Lipinski definition) is 1. The number of allylic oxidation sites excluding steroid dienone is 3. The van der Waals surface area contributed by atoms with E-state index in [2.05, 4.69) is 18.5 Å². The molecule has 1 N–H and O–H groups in total. The van der Waals surface area contributed by atoms with E-state index < -0.39 is 0 Å². The Kier molecular flexibility index (Phi) is 6.21. The van der Waals surface area contributed by atoms with Gasteiger partial charge in [-0.15, -0.1) is 0 Å². The fraction of sp³-hybridized carbons (Fsp3) is 0.588. The molecule has 1 aliphatic heterocycles. The molecule has 1 heterocycles. The SMILES string of the molecule is C=CC1=C(C=C)C2(CCNCC2)CC1C(=O)OC.CC. The third-order valence-electron chi connectivity index (χ3n) is 4.32. The third kappa shape index (κ3) is 2.88. The summed E-state index contributed by atoms with van der Waals surface area (Å²) >= 11 is 0. The summed E-state index contributed by atoms with van der Waals surface area (Å²) in [6, 6.07) is 0. The van der Waals surface area contributed by atoms with E-state index in [0.717, 1.165) is 37.9 Å². The minimum absolute atomic E-state index is 0.0926. The number of rotatable bonds is 3. The van der Waals surface area contributed by atoms with Crippen LogP contribution in [0.4, 0.5) is 0 Å². The van der Waals surface area contributed by atoms with Gasteiger partial charge in [0.2, 0.25) is 0 Å². The highest BCUT2D eigenvalue weighted by atomic mass is 16.5. The van der Waals surface area contributed by atoms with Gasteiger partial charge in [-0.3, -0.25) is 4.79 Å². The average molecular weight is 277 g/mol. The Labute approximate surface area is 122 Å². The Morgan fingerprint density at radius 3 is 2.35 bits per heavy atom. The zero-order chi connectivity index (χ0) is 15.2. The largest absolute Gasteiger partial charge is 0.469 e. The lowest BCUT2D eigenvalue weighted by atomic mass is 9.72. The molecule has 20 heavy (non-hydrogen) atoms. The lowest BCUT2D eigenvalue weighted by Crippen LogP contribution is -2.37. The fourth-order valence-corrected chi connectivity index (χ4v) is 3.42. The highest BCUT2D eigenvalue weighted by Gasteiger charge is 2.46. The van der Waals surface area contributed by atoms with Crippen LogP contribution in [-0.2, 0) is 9.53 Å². The smallest absolute Gasteiger partial charge is 0.313 e. The van der Waals surface area contributed by atoms with Crippen LogP contribution in [-0.4, -0.2) is 26.2 Å². The Morgan fingerprint density at radius 1 is 1.30 bits per heavy atom. The first-order valence-electron chi connectivity index (χ1n) is 7.46. The average Bonchev–Trinajstić information content (AvgIpc) is 2.82. The van der Waals surface area contributed by atoms with Gasteiger partial charge >= 0.3 is 5.97 Å². The van der Waals surface area contributed by atoms with Gasteiger partial charge in [0.15, 0.2) is 0 Å². The number of piperidine rings is 1. The molecule has 1 atom stereocenters. The zero-order valence-corrected chi connectivity index (χ0v) is 13.0. The van der Waals surface area contributed by atoms with Crippen molar-refractivity contribution in [2.75, 3.05) is 20.2 Å². The first-order valence-corrected chi connectivity index (χ1v) is 7.46. The van der Waals surface area contributed by atoms with Crippen molar-refractivity contribution in [3.05, 3.63) is 36.5 Å². The molecular weight excluding hydrogens is 250 g/mol. The molecule has 1 unspecified atom stereocenters. The summed E-state index contributed by atoms with van der Waals surface area (Å²) in [5.74, 6) is -0.321. The molecule has 1 fully saturated rings. The van der Waals surface area contributed by atoms with E-state index in [1.54, 1.807) is 6.08 Å². The summed E-state index contributed by atoms with van der Waals surface area (Å²) < 4.78 is 4.92. The highest BCUT2D eigenvalue weighted by molar-refractivity contribution is 5.79. The van der Waals surface area contributed by atoms with Crippen molar-refractivity contribution in [3.63, 3.8) is 0 Å². The van der Waals surface area contributed by atoms with E-state index in [4.69, 9.17) is 4.74 Å².